The molecule has 1 unspecified atom stereocenters. The van der Waals surface area contributed by atoms with Gasteiger partial charge in [0.1, 0.15) is 0 Å². The van der Waals surface area contributed by atoms with E-state index < -0.39 is 17.7 Å². The van der Waals surface area contributed by atoms with Gasteiger partial charge in [-0.2, -0.15) is 0 Å². The number of nitrogens with zero attached hydrogens (tertiary/aromatic N) is 1. The largest absolute Gasteiger partial charge is 0.510 e. The van der Waals surface area contributed by atoms with Gasteiger partial charge in [0, 0.05) is 11.5 Å². The maximum absolute atomic E-state index is 13.0. The molecular weight excluding hydrogens is 382 g/mol. The first-order valence-corrected chi connectivity index (χ1v) is 10.8. The van der Waals surface area contributed by atoms with Crippen LogP contribution in [0.1, 0.15) is 51.5 Å². The quantitative estimate of drug-likeness (QED) is 0.470. The fourth-order valence-corrected chi connectivity index (χ4v) is 3.97. The second-order valence-corrected chi connectivity index (χ2v) is 7.38. The van der Waals surface area contributed by atoms with Gasteiger partial charge in [-0.3, -0.25) is 4.90 Å². The van der Waals surface area contributed by atoms with Crippen LogP contribution in [0.2, 0.25) is 0 Å². The van der Waals surface area contributed by atoms with Crippen molar-refractivity contribution in [3.05, 3.63) is 35.9 Å². The second-order valence-electron chi connectivity index (χ2n) is 7.38. The van der Waals surface area contributed by atoms with E-state index in [0.717, 1.165) is 45.2 Å². The SMILES string of the molecule is CCN(CC)CC#CCOC(=O)OC(C(=O)OC)(c1ccccc1)C1CCCCC1. The molecule has 164 valence electrons. The Hall–Kier alpha value is -2.52. The van der Waals surface area contributed by atoms with Crippen molar-refractivity contribution in [1.29, 1.82) is 0 Å². The molecule has 0 aromatic heterocycles. The van der Waals surface area contributed by atoms with E-state index in [1.807, 2.05) is 18.2 Å². The van der Waals surface area contributed by atoms with Gasteiger partial charge >= 0.3 is 12.1 Å². The van der Waals surface area contributed by atoms with E-state index in [0.29, 0.717) is 12.1 Å². The van der Waals surface area contributed by atoms with E-state index in [4.69, 9.17) is 14.2 Å². The normalized spacial score (nSPS) is 16.1. The molecule has 0 spiro atoms. The minimum Gasteiger partial charge on any atom is -0.466 e. The van der Waals surface area contributed by atoms with Gasteiger partial charge in [0.25, 0.3) is 0 Å². The summed E-state index contributed by atoms with van der Waals surface area (Å²) in [6.45, 7) is 6.49. The Bertz CT molecular complexity index is 729. The number of hydrogen-bond acceptors (Lipinski definition) is 6. The average molecular weight is 416 g/mol. The molecule has 1 aliphatic carbocycles. The molecule has 1 atom stereocenters. The molecular formula is C24H33NO5. The lowest BCUT2D eigenvalue weighted by Crippen LogP contribution is -2.48. The van der Waals surface area contributed by atoms with Crippen LogP contribution in [0, 0.1) is 17.8 Å². The Balaban J connectivity index is 2.17. The standard InChI is InChI=1S/C24H33NO5/c1-4-25(5-2)18-12-13-19-29-23(27)30-24(22(26)28-3,20-14-8-6-9-15-20)21-16-10-7-11-17-21/h6,8-9,14-15,21H,4-5,7,10-11,16-19H2,1-3H3. The number of carbonyl (C=O) groups excluding carboxylic acids is 2. The molecule has 0 heterocycles. The number of esters is 1. The Morgan fingerprint density at radius 1 is 1.07 bits per heavy atom. The van der Waals surface area contributed by atoms with E-state index in [1.54, 1.807) is 12.1 Å². The maximum Gasteiger partial charge on any atom is 0.510 e. The van der Waals surface area contributed by atoms with Crippen LogP contribution in [0.3, 0.4) is 0 Å². The minimum absolute atomic E-state index is 0.0865. The highest BCUT2D eigenvalue weighted by molar-refractivity contribution is 5.84. The highest BCUT2D eigenvalue weighted by Crippen LogP contribution is 2.43. The van der Waals surface area contributed by atoms with Crippen molar-refractivity contribution in [1.82, 2.24) is 4.90 Å². The van der Waals surface area contributed by atoms with Crippen LogP contribution in [0.5, 0.6) is 0 Å². The molecule has 1 aromatic rings. The lowest BCUT2D eigenvalue weighted by Gasteiger charge is -2.39. The fourth-order valence-electron chi connectivity index (χ4n) is 3.97. The highest BCUT2D eigenvalue weighted by atomic mass is 16.7. The van der Waals surface area contributed by atoms with Crippen LogP contribution in [0.4, 0.5) is 4.79 Å². The van der Waals surface area contributed by atoms with Crippen LogP contribution >= 0.6 is 0 Å². The molecule has 1 aliphatic rings. The van der Waals surface area contributed by atoms with Gasteiger partial charge in [-0.1, -0.05) is 75.3 Å². The Morgan fingerprint density at radius 3 is 2.33 bits per heavy atom. The van der Waals surface area contributed by atoms with E-state index in [-0.39, 0.29) is 12.5 Å². The number of rotatable bonds is 8. The van der Waals surface area contributed by atoms with Crippen molar-refractivity contribution in [2.75, 3.05) is 33.4 Å². The van der Waals surface area contributed by atoms with Crippen LogP contribution < -0.4 is 0 Å². The number of hydrogen-bond donors (Lipinski definition) is 0. The molecule has 6 heteroatoms. The molecule has 2 rings (SSSR count). The topological polar surface area (TPSA) is 65.1 Å². The van der Waals surface area contributed by atoms with Crippen molar-refractivity contribution in [3.8, 4) is 11.8 Å². The summed E-state index contributed by atoms with van der Waals surface area (Å²) < 4.78 is 16.1. The van der Waals surface area contributed by atoms with Crippen LogP contribution in [0.25, 0.3) is 0 Å². The summed E-state index contributed by atoms with van der Waals surface area (Å²) in [5.74, 6) is 5.08. The zero-order valence-corrected chi connectivity index (χ0v) is 18.3. The summed E-state index contributed by atoms with van der Waals surface area (Å²) in [4.78, 5) is 27.7. The molecule has 0 saturated heterocycles. The Morgan fingerprint density at radius 2 is 1.73 bits per heavy atom. The monoisotopic (exact) mass is 415 g/mol. The van der Waals surface area contributed by atoms with Crippen LogP contribution in [0.15, 0.2) is 30.3 Å². The van der Waals surface area contributed by atoms with Gasteiger partial charge in [-0.25, -0.2) is 9.59 Å². The number of carbonyl (C=O) groups is 2. The number of methoxy groups -OCH3 is 1. The van der Waals surface area contributed by atoms with Gasteiger partial charge in [0.05, 0.1) is 13.7 Å². The first-order valence-electron chi connectivity index (χ1n) is 10.8. The van der Waals surface area contributed by atoms with Crippen molar-refractivity contribution in [3.63, 3.8) is 0 Å². The summed E-state index contributed by atoms with van der Waals surface area (Å²) in [7, 11) is 1.32. The Kier molecular flexibility index (Phi) is 9.69. The molecule has 0 N–H and O–H groups in total. The molecule has 1 saturated carbocycles. The van der Waals surface area contributed by atoms with E-state index >= 15 is 0 Å². The lowest BCUT2D eigenvalue weighted by atomic mass is 9.73. The van der Waals surface area contributed by atoms with Gasteiger partial charge < -0.3 is 14.2 Å². The summed E-state index contributed by atoms with van der Waals surface area (Å²) in [6, 6.07) is 9.09. The third-order valence-electron chi connectivity index (χ3n) is 5.70. The highest BCUT2D eigenvalue weighted by Gasteiger charge is 2.52. The van der Waals surface area contributed by atoms with Crippen molar-refractivity contribution >= 4 is 12.1 Å². The van der Waals surface area contributed by atoms with Crippen LogP contribution in [-0.2, 0) is 24.6 Å². The molecule has 30 heavy (non-hydrogen) atoms. The molecule has 0 radical (unpaired) electrons. The third-order valence-corrected chi connectivity index (χ3v) is 5.70. The van der Waals surface area contributed by atoms with Gasteiger partial charge in [0.15, 0.2) is 6.61 Å². The summed E-state index contributed by atoms with van der Waals surface area (Å²) in [5.41, 5.74) is -0.907. The maximum atomic E-state index is 13.0. The molecule has 1 aromatic carbocycles. The smallest absolute Gasteiger partial charge is 0.466 e. The fraction of sp³-hybridized carbons (Fsp3) is 0.583. The van der Waals surface area contributed by atoms with E-state index in [2.05, 4.69) is 30.6 Å². The Labute approximate surface area is 179 Å². The molecule has 0 bridgehead atoms. The third kappa shape index (κ3) is 5.99. The summed E-state index contributed by atoms with van der Waals surface area (Å²) in [5, 5.41) is 0. The van der Waals surface area contributed by atoms with Crippen molar-refractivity contribution < 1.29 is 23.8 Å². The predicted octanol–water partition coefficient (Wildman–Crippen LogP) is 4.13. The van der Waals surface area contributed by atoms with Crippen molar-refractivity contribution in [2.24, 2.45) is 5.92 Å². The molecule has 6 nitrogen and oxygen atoms in total. The number of ether oxygens (including phenoxy) is 3. The second kappa shape index (κ2) is 12.2. The molecule has 0 amide bonds. The first-order chi connectivity index (χ1) is 14.6. The predicted molar refractivity (Wildman–Crippen MR) is 115 cm³/mol. The number of benzene rings is 1. The first kappa shape index (κ1) is 23.8. The molecule has 1 fully saturated rings. The zero-order valence-electron chi connectivity index (χ0n) is 18.3. The van der Waals surface area contributed by atoms with Crippen LogP contribution in [-0.4, -0.2) is 50.4 Å². The average Bonchev–Trinajstić information content (AvgIpc) is 2.80. The van der Waals surface area contributed by atoms with Gasteiger partial charge in [-0.15, -0.1) is 0 Å². The molecule has 0 aliphatic heterocycles. The minimum atomic E-state index is -1.51. The van der Waals surface area contributed by atoms with Gasteiger partial charge in [-0.05, 0) is 25.9 Å². The van der Waals surface area contributed by atoms with E-state index in [1.165, 1.54) is 7.11 Å². The van der Waals surface area contributed by atoms with E-state index in [9.17, 15) is 9.59 Å². The summed E-state index contributed by atoms with van der Waals surface area (Å²) >= 11 is 0. The van der Waals surface area contributed by atoms with Crippen molar-refractivity contribution in [2.45, 2.75) is 51.6 Å². The lowest BCUT2D eigenvalue weighted by molar-refractivity contribution is -0.176. The summed E-state index contributed by atoms with van der Waals surface area (Å²) in [6.07, 6.45) is 3.71. The van der Waals surface area contributed by atoms with Gasteiger partial charge in [0.2, 0.25) is 5.60 Å². The zero-order chi connectivity index (χ0) is 21.8.